The van der Waals surface area contributed by atoms with Crippen LogP contribution in [-0.4, -0.2) is 43.4 Å². The zero-order valence-corrected chi connectivity index (χ0v) is 14.2. The summed E-state index contributed by atoms with van der Waals surface area (Å²) >= 11 is 0. The van der Waals surface area contributed by atoms with Crippen molar-refractivity contribution in [2.24, 2.45) is 4.99 Å². The van der Waals surface area contributed by atoms with Crippen LogP contribution < -0.4 is 15.4 Å². The molecule has 1 unspecified atom stereocenters. The van der Waals surface area contributed by atoms with Gasteiger partial charge < -0.3 is 20.1 Å². The van der Waals surface area contributed by atoms with Gasteiger partial charge in [-0.3, -0.25) is 0 Å². The number of pyridine rings is 1. The van der Waals surface area contributed by atoms with Gasteiger partial charge in [0.05, 0.1) is 19.3 Å². The first-order valence-corrected chi connectivity index (χ1v) is 7.70. The Labute approximate surface area is 133 Å². The fourth-order valence-electron chi connectivity index (χ4n) is 1.83. The van der Waals surface area contributed by atoms with E-state index in [2.05, 4.69) is 27.5 Å². The fraction of sp³-hybridized carbons (Fsp3) is 0.625. The average Bonchev–Trinajstić information content (AvgIpc) is 2.46. The monoisotopic (exact) mass is 308 g/mol. The van der Waals surface area contributed by atoms with Gasteiger partial charge in [0.1, 0.15) is 0 Å². The molecule has 2 N–H and O–H groups in total. The highest BCUT2D eigenvalue weighted by Crippen LogP contribution is 2.10. The second-order valence-electron chi connectivity index (χ2n) is 5.37. The van der Waals surface area contributed by atoms with Crippen LogP contribution in [0.25, 0.3) is 0 Å². The van der Waals surface area contributed by atoms with Crippen molar-refractivity contribution < 1.29 is 9.47 Å². The van der Waals surface area contributed by atoms with Gasteiger partial charge in [0.15, 0.2) is 5.96 Å². The molecule has 6 nitrogen and oxygen atoms in total. The van der Waals surface area contributed by atoms with E-state index in [0.29, 0.717) is 19.0 Å². The van der Waals surface area contributed by atoms with Crippen molar-refractivity contribution in [3.8, 4) is 5.88 Å². The van der Waals surface area contributed by atoms with Crippen LogP contribution in [0.5, 0.6) is 5.88 Å². The first kappa shape index (κ1) is 18.2. The van der Waals surface area contributed by atoms with E-state index in [9.17, 15) is 0 Å². The Morgan fingerprint density at radius 1 is 1.32 bits per heavy atom. The van der Waals surface area contributed by atoms with E-state index in [1.165, 1.54) is 0 Å². The minimum atomic E-state index is 0.128. The number of hydrogen-bond acceptors (Lipinski definition) is 4. The number of aliphatic imine (C=N–C) groups is 1. The third kappa shape index (κ3) is 7.26. The van der Waals surface area contributed by atoms with Gasteiger partial charge in [-0.2, -0.15) is 0 Å². The molecule has 0 spiro atoms. The van der Waals surface area contributed by atoms with Crippen LogP contribution in [0.3, 0.4) is 0 Å². The Kier molecular flexibility index (Phi) is 8.28. The molecule has 1 rings (SSSR count). The summed E-state index contributed by atoms with van der Waals surface area (Å²) in [6.07, 6.45) is 1.92. The largest absolute Gasteiger partial charge is 0.475 e. The molecular weight excluding hydrogens is 280 g/mol. The molecule has 1 aromatic rings. The maximum atomic E-state index is 5.53. The Balaban J connectivity index is 2.61. The van der Waals surface area contributed by atoms with E-state index in [-0.39, 0.29) is 12.1 Å². The van der Waals surface area contributed by atoms with Crippen LogP contribution in [-0.2, 0) is 11.3 Å². The predicted molar refractivity (Wildman–Crippen MR) is 89.3 cm³/mol. The van der Waals surface area contributed by atoms with Crippen molar-refractivity contribution in [1.82, 2.24) is 15.6 Å². The second-order valence-corrected chi connectivity index (χ2v) is 5.37. The highest BCUT2D eigenvalue weighted by atomic mass is 16.5. The van der Waals surface area contributed by atoms with Crippen molar-refractivity contribution in [2.75, 3.05) is 20.3 Å². The molecule has 0 saturated carbocycles. The minimum absolute atomic E-state index is 0.128. The molecule has 0 bridgehead atoms. The van der Waals surface area contributed by atoms with Gasteiger partial charge in [-0.1, -0.05) is 6.07 Å². The van der Waals surface area contributed by atoms with Gasteiger partial charge in [0, 0.05) is 32.0 Å². The number of nitrogens with one attached hydrogen (secondary N) is 2. The topological polar surface area (TPSA) is 67.8 Å². The third-order valence-corrected chi connectivity index (χ3v) is 2.72. The molecule has 0 amide bonds. The lowest BCUT2D eigenvalue weighted by Crippen LogP contribution is -2.43. The average molecular weight is 308 g/mol. The van der Waals surface area contributed by atoms with Gasteiger partial charge in [-0.15, -0.1) is 0 Å². The van der Waals surface area contributed by atoms with Crippen LogP contribution >= 0.6 is 0 Å². The van der Waals surface area contributed by atoms with E-state index >= 15 is 0 Å². The Morgan fingerprint density at radius 3 is 2.64 bits per heavy atom. The minimum Gasteiger partial charge on any atom is -0.475 e. The summed E-state index contributed by atoms with van der Waals surface area (Å²) in [5.74, 6) is 1.41. The van der Waals surface area contributed by atoms with E-state index in [1.807, 2.05) is 32.9 Å². The number of ether oxygens (including phenoxy) is 2. The molecule has 124 valence electrons. The molecule has 0 aromatic carbocycles. The molecule has 6 heteroatoms. The van der Waals surface area contributed by atoms with E-state index in [1.54, 1.807) is 13.3 Å². The molecule has 0 fully saturated rings. The molecule has 22 heavy (non-hydrogen) atoms. The van der Waals surface area contributed by atoms with Crippen molar-refractivity contribution >= 4 is 5.96 Å². The Morgan fingerprint density at radius 2 is 2.09 bits per heavy atom. The summed E-state index contributed by atoms with van der Waals surface area (Å²) in [4.78, 5) is 8.84. The highest BCUT2D eigenvalue weighted by molar-refractivity contribution is 5.80. The number of nitrogens with zero attached hydrogens (tertiary/aromatic N) is 2. The first-order chi connectivity index (χ1) is 10.5. The number of hydrogen-bond donors (Lipinski definition) is 2. The lowest BCUT2D eigenvalue weighted by Gasteiger charge is -2.17. The van der Waals surface area contributed by atoms with Gasteiger partial charge >= 0.3 is 0 Å². The van der Waals surface area contributed by atoms with Crippen molar-refractivity contribution in [1.29, 1.82) is 0 Å². The van der Waals surface area contributed by atoms with Crippen LogP contribution in [0, 0.1) is 0 Å². The summed E-state index contributed by atoms with van der Waals surface area (Å²) in [7, 11) is 1.69. The Bertz CT molecular complexity index is 446. The lowest BCUT2D eigenvalue weighted by atomic mass is 10.3. The van der Waals surface area contributed by atoms with E-state index in [4.69, 9.17) is 9.47 Å². The fourth-order valence-corrected chi connectivity index (χ4v) is 1.83. The van der Waals surface area contributed by atoms with Crippen LogP contribution in [0.4, 0.5) is 0 Å². The quantitative estimate of drug-likeness (QED) is 0.567. The maximum absolute atomic E-state index is 5.53. The molecule has 1 aromatic heterocycles. The van der Waals surface area contributed by atoms with Crippen molar-refractivity contribution in [2.45, 2.75) is 46.4 Å². The molecule has 0 saturated heterocycles. The zero-order chi connectivity index (χ0) is 16.4. The highest BCUT2D eigenvalue weighted by Gasteiger charge is 2.04. The maximum Gasteiger partial charge on any atom is 0.213 e. The summed E-state index contributed by atoms with van der Waals surface area (Å²) in [6.45, 7) is 10.1. The predicted octanol–water partition coefficient (Wildman–Crippen LogP) is 1.96. The van der Waals surface area contributed by atoms with Crippen molar-refractivity contribution in [3.63, 3.8) is 0 Å². The van der Waals surface area contributed by atoms with Gasteiger partial charge in [-0.25, -0.2) is 9.98 Å². The molecular formula is C16H28N4O2. The molecule has 1 atom stereocenters. The molecule has 0 aliphatic heterocycles. The number of aromatic nitrogens is 1. The van der Waals surface area contributed by atoms with Gasteiger partial charge in [0.25, 0.3) is 0 Å². The van der Waals surface area contributed by atoms with Crippen LogP contribution in [0.2, 0.25) is 0 Å². The second kappa shape index (κ2) is 10.00. The smallest absolute Gasteiger partial charge is 0.213 e. The first-order valence-electron chi connectivity index (χ1n) is 7.70. The van der Waals surface area contributed by atoms with E-state index in [0.717, 1.165) is 18.1 Å². The standard InChI is InChI=1S/C16H28N4O2/c1-6-17-16(20-13(4)11-21-5)19-10-14-7-8-15(18-9-14)22-12(2)3/h7-9,12-13H,6,10-11H2,1-5H3,(H2,17,19,20). The number of guanidine groups is 1. The Hall–Kier alpha value is -1.82. The summed E-state index contributed by atoms with van der Waals surface area (Å²) in [6, 6.07) is 4.05. The molecule has 0 aliphatic carbocycles. The van der Waals surface area contributed by atoms with Gasteiger partial charge in [0.2, 0.25) is 5.88 Å². The van der Waals surface area contributed by atoms with Crippen LogP contribution in [0.15, 0.2) is 23.3 Å². The number of methoxy groups -OCH3 is 1. The molecule has 0 aliphatic rings. The third-order valence-electron chi connectivity index (χ3n) is 2.72. The molecule has 1 heterocycles. The zero-order valence-electron chi connectivity index (χ0n) is 14.2. The van der Waals surface area contributed by atoms with Crippen molar-refractivity contribution in [3.05, 3.63) is 23.9 Å². The van der Waals surface area contributed by atoms with E-state index < -0.39 is 0 Å². The molecule has 0 radical (unpaired) electrons. The lowest BCUT2D eigenvalue weighted by molar-refractivity contribution is 0.179. The summed E-state index contributed by atoms with van der Waals surface area (Å²) < 4.78 is 10.6. The van der Waals surface area contributed by atoms with Crippen LogP contribution in [0.1, 0.15) is 33.3 Å². The van der Waals surface area contributed by atoms with Gasteiger partial charge in [-0.05, 0) is 33.3 Å². The number of rotatable bonds is 8. The summed E-state index contributed by atoms with van der Waals surface area (Å²) in [5, 5.41) is 6.51. The SMILES string of the molecule is CCNC(=NCc1ccc(OC(C)C)nc1)NC(C)COC. The summed E-state index contributed by atoms with van der Waals surface area (Å²) in [5.41, 5.74) is 1.03. The normalized spacial score (nSPS) is 13.1.